The molecule has 0 bridgehead atoms. The lowest BCUT2D eigenvalue weighted by molar-refractivity contribution is 0.0691. The van der Waals surface area contributed by atoms with Gasteiger partial charge in [0.25, 0.3) is 0 Å². The van der Waals surface area contributed by atoms with Gasteiger partial charge in [0, 0.05) is 25.7 Å². The van der Waals surface area contributed by atoms with Crippen LogP contribution >= 0.6 is 0 Å². The van der Waals surface area contributed by atoms with Crippen LogP contribution in [0.4, 0.5) is 0 Å². The molecule has 0 radical (unpaired) electrons. The second-order valence-corrected chi connectivity index (χ2v) is 4.48. The number of likely N-dealkylation sites (N-methyl/N-ethyl adjacent to an activating group) is 1. The van der Waals surface area contributed by atoms with Crippen LogP contribution in [0.1, 0.15) is 25.7 Å². The van der Waals surface area contributed by atoms with Crippen molar-refractivity contribution in [2.24, 2.45) is 0 Å². The third kappa shape index (κ3) is 2.47. The van der Waals surface area contributed by atoms with Gasteiger partial charge in [0.2, 0.25) is 0 Å². The highest BCUT2D eigenvalue weighted by Crippen LogP contribution is 2.20. The fourth-order valence-electron chi connectivity index (χ4n) is 2.65. The molecule has 0 amide bonds. The van der Waals surface area contributed by atoms with Gasteiger partial charge in [0.1, 0.15) is 0 Å². The average Bonchev–Trinajstić information content (AvgIpc) is 2.80. The Labute approximate surface area is 86.8 Å². The van der Waals surface area contributed by atoms with E-state index in [1.807, 2.05) is 7.05 Å². The van der Waals surface area contributed by atoms with Crippen molar-refractivity contribution in [2.45, 2.75) is 37.8 Å². The molecule has 14 heavy (non-hydrogen) atoms. The number of ether oxygens (including phenoxy) is 1. The molecule has 2 rings (SSSR count). The van der Waals surface area contributed by atoms with Crippen LogP contribution in [0.2, 0.25) is 0 Å². The van der Waals surface area contributed by atoms with Crippen molar-refractivity contribution in [3.8, 4) is 0 Å². The predicted octanol–water partition coefficient (Wildman–Crippen LogP) is 0.849. The first-order valence-corrected chi connectivity index (χ1v) is 5.90. The molecule has 0 aromatic heterocycles. The maximum atomic E-state index is 5.68. The molecular weight excluding hydrogens is 176 g/mol. The van der Waals surface area contributed by atoms with Gasteiger partial charge in [-0.05, 0) is 39.3 Å². The van der Waals surface area contributed by atoms with E-state index in [0.29, 0.717) is 6.10 Å². The lowest BCUT2D eigenvalue weighted by Crippen LogP contribution is -2.40. The highest BCUT2D eigenvalue weighted by Gasteiger charge is 2.27. The Morgan fingerprint density at radius 2 is 2.29 bits per heavy atom. The monoisotopic (exact) mass is 198 g/mol. The highest BCUT2D eigenvalue weighted by molar-refractivity contribution is 4.83. The number of hydrogen-bond acceptors (Lipinski definition) is 3. The van der Waals surface area contributed by atoms with Crippen molar-refractivity contribution >= 4 is 0 Å². The fraction of sp³-hybridized carbons (Fsp3) is 1.00. The van der Waals surface area contributed by atoms with Crippen LogP contribution in [0.5, 0.6) is 0 Å². The van der Waals surface area contributed by atoms with Crippen molar-refractivity contribution in [3.63, 3.8) is 0 Å². The van der Waals surface area contributed by atoms with E-state index in [0.717, 1.165) is 25.7 Å². The minimum atomic E-state index is 0.521. The van der Waals surface area contributed by atoms with Gasteiger partial charge in [0.05, 0.1) is 6.10 Å². The van der Waals surface area contributed by atoms with Crippen LogP contribution in [0.3, 0.4) is 0 Å². The molecule has 0 aromatic carbocycles. The van der Waals surface area contributed by atoms with Crippen LogP contribution in [-0.4, -0.2) is 50.3 Å². The standard InChI is InChI=1S/C11H22N2O/c1-12-8-10-4-2-6-13(10)9-11-5-3-7-14-11/h10-12H,2-9H2,1H3. The normalized spacial score (nSPS) is 34.1. The highest BCUT2D eigenvalue weighted by atomic mass is 16.5. The quantitative estimate of drug-likeness (QED) is 0.725. The van der Waals surface area contributed by atoms with E-state index in [9.17, 15) is 0 Å². The van der Waals surface area contributed by atoms with E-state index in [4.69, 9.17) is 4.74 Å². The Bertz CT molecular complexity index is 169. The minimum Gasteiger partial charge on any atom is -0.377 e. The van der Waals surface area contributed by atoms with Gasteiger partial charge in [-0.3, -0.25) is 4.90 Å². The van der Waals surface area contributed by atoms with E-state index >= 15 is 0 Å². The molecule has 1 N–H and O–H groups in total. The summed E-state index contributed by atoms with van der Waals surface area (Å²) in [6.07, 6.45) is 5.76. The Hall–Kier alpha value is -0.120. The molecule has 2 atom stereocenters. The Balaban J connectivity index is 1.77. The summed E-state index contributed by atoms with van der Waals surface area (Å²) in [5, 5.41) is 3.28. The first kappa shape index (κ1) is 10.4. The number of hydrogen-bond donors (Lipinski definition) is 1. The predicted molar refractivity (Wildman–Crippen MR) is 57.5 cm³/mol. The van der Waals surface area contributed by atoms with Crippen LogP contribution in [-0.2, 0) is 4.74 Å². The minimum absolute atomic E-state index is 0.521. The summed E-state index contributed by atoms with van der Waals surface area (Å²) in [6, 6.07) is 0.754. The van der Waals surface area contributed by atoms with Crippen molar-refractivity contribution in [2.75, 3.05) is 33.3 Å². The summed E-state index contributed by atoms with van der Waals surface area (Å²) in [5.74, 6) is 0. The van der Waals surface area contributed by atoms with E-state index in [1.54, 1.807) is 0 Å². The average molecular weight is 198 g/mol. The van der Waals surface area contributed by atoms with Crippen LogP contribution in [0.15, 0.2) is 0 Å². The lowest BCUT2D eigenvalue weighted by atomic mass is 10.2. The third-order valence-electron chi connectivity index (χ3n) is 3.40. The van der Waals surface area contributed by atoms with Crippen molar-refractivity contribution in [3.05, 3.63) is 0 Å². The zero-order chi connectivity index (χ0) is 9.80. The van der Waals surface area contributed by atoms with Gasteiger partial charge < -0.3 is 10.1 Å². The largest absolute Gasteiger partial charge is 0.377 e. The molecule has 2 unspecified atom stereocenters. The fourth-order valence-corrected chi connectivity index (χ4v) is 2.65. The van der Waals surface area contributed by atoms with E-state index in [-0.39, 0.29) is 0 Å². The Kier molecular flexibility index (Phi) is 3.79. The van der Waals surface area contributed by atoms with Crippen LogP contribution in [0, 0.1) is 0 Å². The Morgan fingerprint density at radius 3 is 3.00 bits per heavy atom. The summed E-state index contributed by atoms with van der Waals surface area (Å²) in [5.41, 5.74) is 0. The topological polar surface area (TPSA) is 24.5 Å². The van der Waals surface area contributed by atoms with Crippen molar-refractivity contribution in [1.82, 2.24) is 10.2 Å². The smallest absolute Gasteiger partial charge is 0.0702 e. The second kappa shape index (κ2) is 5.10. The van der Waals surface area contributed by atoms with Gasteiger partial charge in [-0.15, -0.1) is 0 Å². The summed E-state index contributed by atoms with van der Waals surface area (Å²) < 4.78 is 5.68. The molecule has 3 heteroatoms. The van der Waals surface area contributed by atoms with Crippen molar-refractivity contribution in [1.29, 1.82) is 0 Å². The zero-order valence-corrected chi connectivity index (χ0v) is 9.17. The molecule has 2 saturated heterocycles. The van der Waals surface area contributed by atoms with Gasteiger partial charge in [-0.1, -0.05) is 0 Å². The number of rotatable bonds is 4. The molecule has 0 spiro atoms. The van der Waals surface area contributed by atoms with Crippen molar-refractivity contribution < 1.29 is 4.74 Å². The van der Waals surface area contributed by atoms with E-state index in [1.165, 1.54) is 32.2 Å². The molecule has 2 fully saturated rings. The molecule has 2 aliphatic rings. The molecule has 0 saturated carbocycles. The van der Waals surface area contributed by atoms with Crippen LogP contribution < -0.4 is 5.32 Å². The maximum Gasteiger partial charge on any atom is 0.0702 e. The summed E-state index contributed by atoms with van der Waals surface area (Å²) in [7, 11) is 2.04. The number of nitrogens with one attached hydrogen (secondary N) is 1. The number of nitrogens with zero attached hydrogens (tertiary/aromatic N) is 1. The van der Waals surface area contributed by atoms with E-state index < -0.39 is 0 Å². The van der Waals surface area contributed by atoms with Gasteiger partial charge in [0.15, 0.2) is 0 Å². The Morgan fingerprint density at radius 1 is 1.36 bits per heavy atom. The molecular formula is C11H22N2O. The summed E-state index contributed by atoms with van der Waals surface area (Å²) in [6.45, 7) is 4.54. The molecule has 3 nitrogen and oxygen atoms in total. The van der Waals surface area contributed by atoms with Crippen LogP contribution in [0.25, 0.3) is 0 Å². The second-order valence-electron chi connectivity index (χ2n) is 4.48. The number of likely N-dealkylation sites (tertiary alicyclic amines) is 1. The summed E-state index contributed by atoms with van der Waals surface area (Å²) >= 11 is 0. The maximum absolute atomic E-state index is 5.68. The molecule has 0 aromatic rings. The summed E-state index contributed by atoms with van der Waals surface area (Å²) in [4.78, 5) is 2.60. The molecule has 82 valence electrons. The van der Waals surface area contributed by atoms with Gasteiger partial charge in [-0.25, -0.2) is 0 Å². The van der Waals surface area contributed by atoms with Gasteiger partial charge in [-0.2, -0.15) is 0 Å². The molecule has 2 aliphatic heterocycles. The molecule has 0 aliphatic carbocycles. The zero-order valence-electron chi connectivity index (χ0n) is 9.17. The first-order valence-electron chi connectivity index (χ1n) is 5.90. The first-order chi connectivity index (χ1) is 6.90. The van der Waals surface area contributed by atoms with E-state index in [2.05, 4.69) is 10.2 Å². The lowest BCUT2D eigenvalue weighted by Gasteiger charge is -2.26. The SMILES string of the molecule is CNCC1CCCN1CC1CCCO1. The molecule has 2 heterocycles. The van der Waals surface area contributed by atoms with Gasteiger partial charge >= 0.3 is 0 Å². The third-order valence-corrected chi connectivity index (χ3v) is 3.40.